The van der Waals surface area contributed by atoms with Gasteiger partial charge in [-0.25, -0.2) is 9.78 Å². The Labute approximate surface area is 241 Å². The van der Waals surface area contributed by atoms with E-state index in [1.165, 1.54) is 4.90 Å². The molecule has 1 fully saturated rings. The standard InChI is InChI=1S/C30H41N5O6/c1-4-14-33(15-5-2)23-20-25(22-10-8-7-9-11-22)31-26(21-23)28(38)32-24(12-13-27(36)37)29(39)34-16-18-35(19-17-34)30(40)41-6-3/h7-11,20-21,24H,4-6,12-19H2,1-3H3,(H,32,38)(H,36,37)/t24-/m0/s1. The van der Waals surface area contributed by atoms with Gasteiger partial charge in [-0.2, -0.15) is 0 Å². The number of carboxylic acids is 1. The van der Waals surface area contributed by atoms with Crippen LogP contribution < -0.4 is 10.2 Å². The van der Waals surface area contributed by atoms with E-state index in [1.54, 1.807) is 17.9 Å². The molecule has 2 aromatic rings. The van der Waals surface area contributed by atoms with E-state index in [2.05, 4.69) is 29.0 Å². The lowest BCUT2D eigenvalue weighted by Gasteiger charge is -2.36. The van der Waals surface area contributed by atoms with Crippen LogP contribution in [0.1, 0.15) is 56.9 Å². The number of hydrogen-bond acceptors (Lipinski definition) is 7. The fourth-order valence-corrected chi connectivity index (χ4v) is 4.78. The molecule has 11 nitrogen and oxygen atoms in total. The molecule has 1 atom stereocenters. The number of ether oxygens (including phenoxy) is 1. The third-order valence-electron chi connectivity index (χ3n) is 6.83. The lowest BCUT2D eigenvalue weighted by molar-refractivity contribution is -0.138. The van der Waals surface area contributed by atoms with Crippen molar-refractivity contribution in [3.05, 3.63) is 48.2 Å². The minimum Gasteiger partial charge on any atom is -0.481 e. The van der Waals surface area contributed by atoms with Gasteiger partial charge >= 0.3 is 12.1 Å². The van der Waals surface area contributed by atoms with Crippen LogP contribution in [0.5, 0.6) is 0 Å². The van der Waals surface area contributed by atoms with E-state index in [-0.39, 0.29) is 44.1 Å². The Morgan fingerprint density at radius 3 is 2.20 bits per heavy atom. The number of carbonyl (C=O) groups excluding carboxylic acids is 3. The quantitative estimate of drug-likeness (QED) is 0.375. The molecule has 1 aromatic heterocycles. The molecule has 41 heavy (non-hydrogen) atoms. The SMILES string of the molecule is CCCN(CCC)c1cc(C(=O)N[C@@H](CCC(=O)O)C(=O)N2CCN(C(=O)OCC)CC2)nc(-c2ccccc2)c1. The minimum atomic E-state index is -1.06. The van der Waals surface area contributed by atoms with E-state index in [0.717, 1.165) is 37.2 Å². The summed E-state index contributed by atoms with van der Waals surface area (Å²) in [6.07, 6.45) is 1.07. The average molecular weight is 568 g/mol. The van der Waals surface area contributed by atoms with E-state index >= 15 is 0 Å². The number of nitrogens with one attached hydrogen (secondary N) is 1. The molecule has 2 N–H and O–H groups in total. The first-order valence-corrected chi connectivity index (χ1v) is 14.3. The molecule has 0 saturated carbocycles. The summed E-state index contributed by atoms with van der Waals surface area (Å²) in [5, 5.41) is 12.1. The molecule has 1 saturated heterocycles. The van der Waals surface area contributed by atoms with Crippen molar-refractivity contribution in [1.82, 2.24) is 20.1 Å². The van der Waals surface area contributed by atoms with Crippen LogP contribution in [0.15, 0.2) is 42.5 Å². The molecule has 1 aliphatic heterocycles. The first-order valence-electron chi connectivity index (χ1n) is 14.3. The van der Waals surface area contributed by atoms with Crippen LogP contribution >= 0.6 is 0 Å². The number of pyridine rings is 1. The zero-order valence-corrected chi connectivity index (χ0v) is 24.2. The maximum Gasteiger partial charge on any atom is 0.409 e. The van der Waals surface area contributed by atoms with Gasteiger partial charge in [-0.1, -0.05) is 44.2 Å². The number of amides is 3. The lowest BCUT2D eigenvalue weighted by Crippen LogP contribution is -2.56. The third kappa shape index (κ3) is 8.92. The second kappa shape index (κ2) is 15.6. The van der Waals surface area contributed by atoms with E-state index < -0.39 is 24.0 Å². The first kappa shape index (κ1) is 31.4. The molecule has 11 heteroatoms. The van der Waals surface area contributed by atoms with Crippen LogP contribution in [0, 0.1) is 0 Å². The predicted octanol–water partition coefficient (Wildman–Crippen LogP) is 3.64. The number of piperazine rings is 1. The van der Waals surface area contributed by atoms with Crippen LogP contribution in [0.2, 0.25) is 0 Å². The predicted molar refractivity (Wildman–Crippen MR) is 156 cm³/mol. The van der Waals surface area contributed by atoms with Crippen LogP contribution in [0.25, 0.3) is 11.3 Å². The Hall–Kier alpha value is -4.15. The number of hydrogen-bond donors (Lipinski definition) is 2. The van der Waals surface area contributed by atoms with Crippen molar-refractivity contribution in [2.45, 2.75) is 52.5 Å². The second-order valence-corrected chi connectivity index (χ2v) is 9.92. The van der Waals surface area contributed by atoms with E-state index in [0.29, 0.717) is 18.8 Å². The molecule has 0 spiro atoms. The van der Waals surface area contributed by atoms with Crippen molar-refractivity contribution >= 4 is 29.6 Å². The highest BCUT2D eigenvalue weighted by atomic mass is 16.6. The van der Waals surface area contributed by atoms with E-state index in [4.69, 9.17) is 4.74 Å². The van der Waals surface area contributed by atoms with Gasteiger partial charge in [-0.05, 0) is 38.3 Å². The van der Waals surface area contributed by atoms with Crippen LogP contribution in [-0.2, 0) is 14.3 Å². The molecule has 0 aliphatic carbocycles. The zero-order chi connectivity index (χ0) is 29.8. The highest BCUT2D eigenvalue weighted by Crippen LogP contribution is 2.25. The highest BCUT2D eigenvalue weighted by Gasteiger charge is 2.31. The third-order valence-corrected chi connectivity index (χ3v) is 6.83. The Morgan fingerprint density at radius 1 is 0.976 bits per heavy atom. The summed E-state index contributed by atoms with van der Waals surface area (Å²) in [6.45, 7) is 8.90. The minimum absolute atomic E-state index is 0.0684. The molecule has 0 unspecified atom stereocenters. The maximum atomic E-state index is 13.6. The van der Waals surface area contributed by atoms with Gasteiger partial charge in [0.1, 0.15) is 11.7 Å². The van der Waals surface area contributed by atoms with Gasteiger partial charge in [-0.15, -0.1) is 0 Å². The van der Waals surface area contributed by atoms with E-state index in [9.17, 15) is 24.3 Å². The Balaban J connectivity index is 1.86. The normalized spacial score (nSPS) is 13.8. The molecule has 2 heterocycles. The number of aliphatic carboxylic acids is 1. The van der Waals surface area contributed by atoms with Crippen molar-refractivity contribution < 1.29 is 29.0 Å². The summed E-state index contributed by atoms with van der Waals surface area (Å²) in [7, 11) is 0. The van der Waals surface area contributed by atoms with Gasteiger partial charge in [0.15, 0.2) is 0 Å². The molecule has 1 aromatic carbocycles. The van der Waals surface area contributed by atoms with Crippen molar-refractivity contribution in [2.24, 2.45) is 0 Å². The zero-order valence-electron chi connectivity index (χ0n) is 24.2. The number of carbonyl (C=O) groups is 4. The summed E-state index contributed by atoms with van der Waals surface area (Å²) >= 11 is 0. The maximum absolute atomic E-state index is 13.6. The number of nitrogens with zero attached hydrogens (tertiary/aromatic N) is 4. The number of aromatic nitrogens is 1. The van der Waals surface area contributed by atoms with Crippen molar-refractivity contribution in [3.63, 3.8) is 0 Å². The largest absolute Gasteiger partial charge is 0.481 e. The topological polar surface area (TPSA) is 132 Å². The van der Waals surface area contributed by atoms with Crippen LogP contribution in [-0.4, -0.2) is 95.7 Å². The second-order valence-electron chi connectivity index (χ2n) is 9.92. The monoisotopic (exact) mass is 567 g/mol. The van der Waals surface area contributed by atoms with Gasteiger partial charge in [0.05, 0.1) is 12.3 Å². The number of anilines is 1. The highest BCUT2D eigenvalue weighted by molar-refractivity contribution is 5.97. The van der Waals surface area contributed by atoms with Gasteiger partial charge in [0.25, 0.3) is 5.91 Å². The lowest BCUT2D eigenvalue weighted by atomic mass is 10.1. The molecular formula is C30H41N5O6. The first-order chi connectivity index (χ1) is 19.8. The molecule has 3 rings (SSSR count). The van der Waals surface area contributed by atoms with Gasteiger partial charge in [0, 0.05) is 56.9 Å². The summed E-state index contributed by atoms with van der Waals surface area (Å²) in [4.78, 5) is 60.4. The van der Waals surface area contributed by atoms with Crippen LogP contribution in [0.3, 0.4) is 0 Å². The fourth-order valence-electron chi connectivity index (χ4n) is 4.78. The average Bonchev–Trinajstić information content (AvgIpc) is 2.99. The number of benzene rings is 1. The Kier molecular flexibility index (Phi) is 11.9. The molecule has 0 radical (unpaired) electrons. The van der Waals surface area contributed by atoms with Crippen molar-refractivity contribution in [3.8, 4) is 11.3 Å². The Morgan fingerprint density at radius 2 is 1.61 bits per heavy atom. The summed E-state index contributed by atoms with van der Waals surface area (Å²) in [6, 6.07) is 12.2. The summed E-state index contributed by atoms with van der Waals surface area (Å²) in [5.74, 6) is -2.00. The number of rotatable bonds is 13. The van der Waals surface area contributed by atoms with Crippen molar-refractivity contribution in [1.29, 1.82) is 0 Å². The summed E-state index contributed by atoms with van der Waals surface area (Å²) in [5.41, 5.74) is 2.50. The molecule has 0 bridgehead atoms. The van der Waals surface area contributed by atoms with Crippen LogP contribution in [0.4, 0.5) is 10.5 Å². The molecular weight excluding hydrogens is 526 g/mol. The van der Waals surface area contributed by atoms with Crippen molar-refractivity contribution in [2.75, 3.05) is 50.8 Å². The smallest absolute Gasteiger partial charge is 0.409 e. The summed E-state index contributed by atoms with van der Waals surface area (Å²) < 4.78 is 5.04. The van der Waals surface area contributed by atoms with Gasteiger partial charge < -0.3 is 29.9 Å². The Bertz CT molecular complexity index is 1180. The molecule has 3 amide bonds. The molecule has 222 valence electrons. The van der Waals surface area contributed by atoms with Gasteiger partial charge in [-0.3, -0.25) is 14.4 Å². The molecule has 1 aliphatic rings. The van der Waals surface area contributed by atoms with E-state index in [1.807, 2.05) is 36.4 Å². The van der Waals surface area contributed by atoms with Gasteiger partial charge in [0.2, 0.25) is 5.91 Å². The fraction of sp³-hybridized carbons (Fsp3) is 0.500. The number of carboxylic acid groups (broad SMARTS) is 1.